The number of nitrogens with zero attached hydrogens (tertiary/aromatic N) is 2. The van der Waals surface area contributed by atoms with E-state index in [1.807, 2.05) is 21.9 Å². The Morgan fingerprint density at radius 3 is 2.35 bits per heavy atom. The molecular formula is C18H17ClF3N3S. The Kier molecular flexibility index (Phi) is 5.58. The van der Waals surface area contributed by atoms with Gasteiger partial charge in [-0.1, -0.05) is 23.7 Å². The Balaban J connectivity index is 1.60. The molecule has 0 atom stereocenters. The maximum Gasteiger partial charge on any atom is 0.416 e. The number of hydrogen-bond acceptors (Lipinski definition) is 2. The van der Waals surface area contributed by atoms with Crippen molar-refractivity contribution >= 4 is 40.3 Å². The first kappa shape index (κ1) is 18.8. The second-order valence-electron chi connectivity index (χ2n) is 5.96. The van der Waals surface area contributed by atoms with Crippen molar-refractivity contribution < 1.29 is 13.2 Å². The summed E-state index contributed by atoms with van der Waals surface area (Å²) in [6.45, 7) is 2.45. The Labute approximate surface area is 160 Å². The molecule has 1 fully saturated rings. The van der Waals surface area contributed by atoms with Gasteiger partial charge in [-0.2, -0.15) is 13.2 Å². The molecule has 0 unspecified atom stereocenters. The van der Waals surface area contributed by atoms with E-state index in [9.17, 15) is 13.2 Å². The van der Waals surface area contributed by atoms with Crippen molar-refractivity contribution in [3.63, 3.8) is 0 Å². The number of halogens is 4. The molecule has 0 aromatic heterocycles. The molecule has 1 heterocycles. The molecule has 1 N–H and O–H groups in total. The van der Waals surface area contributed by atoms with Crippen molar-refractivity contribution in [3.8, 4) is 0 Å². The molecule has 0 bridgehead atoms. The predicted molar refractivity (Wildman–Crippen MR) is 103 cm³/mol. The van der Waals surface area contributed by atoms with Crippen LogP contribution in [0.1, 0.15) is 5.56 Å². The van der Waals surface area contributed by atoms with Gasteiger partial charge in [-0.05, 0) is 48.6 Å². The van der Waals surface area contributed by atoms with Crippen LogP contribution in [0.15, 0.2) is 48.5 Å². The van der Waals surface area contributed by atoms with E-state index in [0.717, 1.165) is 11.8 Å². The van der Waals surface area contributed by atoms with Crippen LogP contribution < -0.4 is 10.2 Å². The lowest BCUT2D eigenvalue weighted by Crippen LogP contribution is -2.50. The standard InChI is InChI=1S/C18H17ClF3N3S/c19-14-4-2-5-15(12-14)23-17(26)25-9-7-24(8-10-25)16-6-1-3-13(11-16)18(20,21)22/h1-6,11-12H,7-10H2,(H,23,26). The van der Waals surface area contributed by atoms with Crippen molar-refractivity contribution in [2.75, 3.05) is 36.4 Å². The predicted octanol–water partition coefficient (Wildman–Crippen LogP) is 4.88. The highest BCUT2D eigenvalue weighted by molar-refractivity contribution is 7.80. The normalized spacial score (nSPS) is 15.1. The van der Waals surface area contributed by atoms with Crippen LogP contribution in [0.3, 0.4) is 0 Å². The Morgan fingerprint density at radius 2 is 1.69 bits per heavy atom. The monoisotopic (exact) mass is 399 g/mol. The summed E-state index contributed by atoms with van der Waals surface area (Å²) in [6.07, 6.45) is -4.33. The molecule has 1 saturated heterocycles. The van der Waals surface area contributed by atoms with E-state index < -0.39 is 11.7 Å². The maximum absolute atomic E-state index is 12.9. The lowest BCUT2D eigenvalue weighted by atomic mass is 10.1. The van der Waals surface area contributed by atoms with Gasteiger partial charge in [0.2, 0.25) is 0 Å². The van der Waals surface area contributed by atoms with Gasteiger partial charge >= 0.3 is 6.18 Å². The molecule has 2 aromatic rings. The third-order valence-electron chi connectivity index (χ3n) is 4.18. The van der Waals surface area contributed by atoms with Gasteiger partial charge in [0.05, 0.1) is 5.56 Å². The van der Waals surface area contributed by atoms with E-state index in [-0.39, 0.29) is 0 Å². The highest BCUT2D eigenvalue weighted by Crippen LogP contribution is 2.31. The molecule has 3 rings (SSSR count). The van der Waals surface area contributed by atoms with Crippen LogP contribution >= 0.6 is 23.8 Å². The van der Waals surface area contributed by atoms with Crippen LogP contribution in [-0.4, -0.2) is 36.2 Å². The third kappa shape index (κ3) is 4.59. The Morgan fingerprint density at radius 1 is 1.00 bits per heavy atom. The lowest BCUT2D eigenvalue weighted by molar-refractivity contribution is -0.137. The summed E-state index contributed by atoms with van der Waals surface area (Å²) in [7, 11) is 0. The number of benzene rings is 2. The zero-order valence-electron chi connectivity index (χ0n) is 13.8. The van der Waals surface area contributed by atoms with Gasteiger partial charge in [0.25, 0.3) is 0 Å². The molecule has 2 aromatic carbocycles. The topological polar surface area (TPSA) is 18.5 Å². The van der Waals surface area contributed by atoms with Gasteiger partial charge in [-0.15, -0.1) is 0 Å². The molecule has 26 heavy (non-hydrogen) atoms. The minimum absolute atomic E-state index is 0.577. The molecule has 8 heteroatoms. The van der Waals surface area contributed by atoms with Crippen LogP contribution in [0.2, 0.25) is 5.02 Å². The lowest BCUT2D eigenvalue weighted by Gasteiger charge is -2.37. The molecule has 1 aliphatic heterocycles. The quantitative estimate of drug-likeness (QED) is 0.725. The highest BCUT2D eigenvalue weighted by Gasteiger charge is 2.31. The van der Waals surface area contributed by atoms with E-state index in [0.29, 0.717) is 42.0 Å². The molecule has 3 nitrogen and oxygen atoms in total. The number of thiocarbonyl (C=S) groups is 1. The van der Waals surface area contributed by atoms with Gasteiger partial charge in [-0.25, -0.2) is 0 Å². The second-order valence-corrected chi connectivity index (χ2v) is 6.79. The maximum atomic E-state index is 12.9. The zero-order chi connectivity index (χ0) is 18.7. The highest BCUT2D eigenvalue weighted by atomic mass is 35.5. The zero-order valence-corrected chi connectivity index (χ0v) is 15.3. The summed E-state index contributed by atoms with van der Waals surface area (Å²) in [5.41, 5.74) is 0.756. The summed E-state index contributed by atoms with van der Waals surface area (Å²) in [6, 6.07) is 12.7. The first-order valence-corrected chi connectivity index (χ1v) is 8.85. The average molecular weight is 400 g/mol. The van der Waals surface area contributed by atoms with E-state index in [1.54, 1.807) is 18.2 Å². The molecular weight excluding hydrogens is 383 g/mol. The van der Waals surface area contributed by atoms with E-state index in [2.05, 4.69) is 5.32 Å². The molecule has 0 spiro atoms. The molecule has 0 aliphatic carbocycles. The molecule has 138 valence electrons. The minimum Gasteiger partial charge on any atom is -0.368 e. The van der Waals surface area contributed by atoms with Crippen LogP contribution in [0, 0.1) is 0 Å². The van der Waals surface area contributed by atoms with Gasteiger partial charge in [0.1, 0.15) is 0 Å². The number of alkyl halides is 3. The summed E-state index contributed by atoms with van der Waals surface area (Å²) in [5, 5.41) is 4.34. The fourth-order valence-electron chi connectivity index (χ4n) is 2.82. The number of hydrogen-bond donors (Lipinski definition) is 1. The van der Waals surface area contributed by atoms with Crippen molar-refractivity contribution in [1.29, 1.82) is 0 Å². The molecule has 0 radical (unpaired) electrons. The molecule has 1 aliphatic rings. The van der Waals surface area contributed by atoms with E-state index >= 15 is 0 Å². The SMILES string of the molecule is FC(F)(F)c1cccc(N2CCN(C(=S)Nc3cccc(Cl)c3)CC2)c1. The number of rotatable bonds is 2. The van der Waals surface area contributed by atoms with Crippen molar-refractivity contribution in [1.82, 2.24) is 4.90 Å². The van der Waals surface area contributed by atoms with E-state index in [1.165, 1.54) is 12.1 Å². The Bertz CT molecular complexity index is 789. The van der Waals surface area contributed by atoms with Gasteiger partial charge in [0.15, 0.2) is 5.11 Å². The summed E-state index contributed by atoms with van der Waals surface area (Å²) in [4.78, 5) is 3.94. The van der Waals surface area contributed by atoms with Crippen molar-refractivity contribution in [2.24, 2.45) is 0 Å². The molecule has 0 amide bonds. The fraction of sp³-hybridized carbons (Fsp3) is 0.278. The Hall–Kier alpha value is -1.99. The summed E-state index contributed by atoms with van der Waals surface area (Å²) < 4.78 is 38.6. The minimum atomic E-state index is -4.33. The first-order chi connectivity index (χ1) is 12.3. The fourth-order valence-corrected chi connectivity index (χ4v) is 3.31. The van der Waals surface area contributed by atoms with Gasteiger partial charge in [-0.3, -0.25) is 0 Å². The van der Waals surface area contributed by atoms with Crippen molar-refractivity contribution in [3.05, 3.63) is 59.1 Å². The molecule has 0 saturated carbocycles. The van der Waals surface area contributed by atoms with Crippen molar-refractivity contribution in [2.45, 2.75) is 6.18 Å². The summed E-state index contributed by atoms with van der Waals surface area (Å²) in [5.74, 6) is 0. The van der Waals surface area contributed by atoms with Crippen LogP contribution in [0.4, 0.5) is 24.5 Å². The van der Waals surface area contributed by atoms with Crippen LogP contribution in [0.5, 0.6) is 0 Å². The van der Waals surface area contributed by atoms with Gasteiger partial charge < -0.3 is 15.1 Å². The first-order valence-electron chi connectivity index (χ1n) is 8.06. The van der Waals surface area contributed by atoms with E-state index in [4.69, 9.17) is 23.8 Å². The average Bonchev–Trinajstić information content (AvgIpc) is 2.61. The second kappa shape index (κ2) is 7.72. The number of piperazine rings is 1. The smallest absolute Gasteiger partial charge is 0.368 e. The third-order valence-corrected chi connectivity index (χ3v) is 4.78. The number of nitrogens with one attached hydrogen (secondary N) is 1. The van der Waals surface area contributed by atoms with Crippen LogP contribution in [0.25, 0.3) is 0 Å². The summed E-state index contributed by atoms with van der Waals surface area (Å²) >= 11 is 11.4. The van der Waals surface area contributed by atoms with Crippen LogP contribution in [-0.2, 0) is 6.18 Å². The van der Waals surface area contributed by atoms with Gasteiger partial charge in [0, 0.05) is 42.6 Å². The largest absolute Gasteiger partial charge is 0.416 e. The number of anilines is 2.